The number of methoxy groups -OCH3 is 1. The van der Waals surface area contributed by atoms with Gasteiger partial charge in [0.15, 0.2) is 0 Å². The van der Waals surface area contributed by atoms with Crippen molar-refractivity contribution in [1.82, 2.24) is 0 Å². The first-order valence-corrected chi connectivity index (χ1v) is 5.44. The first-order valence-electron chi connectivity index (χ1n) is 5.06. The minimum Gasteiger partial charge on any atom is -0.478 e. The average molecular weight is 273 g/mol. The predicted octanol–water partition coefficient (Wildman–Crippen LogP) is 0.950. The molecule has 0 radical (unpaired) electrons. The summed E-state index contributed by atoms with van der Waals surface area (Å²) < 4.78 is 4.85. The van der Waals surface area contributed by atoms with Crippen molar-refractivity contribution in [3.8, 4) is 0 Å². The van der Waals surface area contributed by atoms with Gasteiger partial charge in [0.2, 0.25) is 0 Å². The van der Waals surface area contributed by atoms with Gasteiger partial charge < -0.3 is 20.9 Å². The summed E-state index contributed by atoms with van der Waals surface area (Å²) in [6, 6.07) is 4.09. The molecule has 1 aromatic carbocycles. The molecule has 7 heteroatoms. The highest BCUT2D eigenvalue weighted by Crippen LogP contribution is 2.21. The van der Waals surface area contributed by atoms with E-state index in [9.17, 15) is 9.59 Å². The predicted molar refractivity (Wildman–Crippen MR) is 66.9 cm³/mol. The largest absolute Gasteiger partial charge is 0.478 e. The Morgan fingerprint density at radius 1 is 1.56 bits per heavy atom. The number of anilines is 1. The van der Waals surface area contributed by atoms with E-state index in [0.29, 0.717) is 5.02 Å². The van der Waals surface area contributed by atoms with Crippen molar-refractivity contribution >= 4 is 29.2 Å². The number of benzene rings is 1. The van der Waals surface area contributed by atoms with Gasteiger partial charge in [-0.25, -0.2) is 4.79 Å². The van der Waals surface area contributed by atoms with E-state index in [1.807, 2.05) is 0 Å². The molecule has 0 aromatic heterocycles. The quantitative estimate of drug-likeness (QED) is 0.741. The zero-order valence-corrected chi connectivity index (χ0v) is 10.4. The summed E-state index contributed by atoms with van der Waals surface area (Å²) in [6.07, 6.45) is -0.842. The molecular weight excluding hydrogens is 260 g/mol. The summed E-state index contributed by atoms with van der Waals surface area (Å²) in [6.45, 7) is -0.00863. The summed E-state index contributed by atoms with van der Waals surface area (Å²) in [5.41, 5.74) is 5.39. The second-order valence-electron chi connectivity index (χ2n) is 3.44. The van der Waals surface area contributed by atoms with E-state index >= 15 is 0 Å². The van der Waals surface area contributed by atoms with E-state index in [2.05, 4.69) is 5.32 Å². The van der Waals surface area contributed by atoms with Gasteiger partial charge in [0.05, 0.1) is 11.3 Å². The number of halogens is 1. The SMILES string of the molecule is COC(CN)C(=O)Nc1cc(Cl)ccc1C(=O)O. The van der Waals surface area contributed by atoms with Crippen LogP contribution in [0, 0.1) is 0 Å². The van der Waals surface area contributed by atoms with Crippen LogP contribution in [-0.4, -0.2) is 36.7 Å². The standard InChI is InChI=1S/C11H13ClN2O4/c1-18-9(5-13)10(15)14-8-4-6(12)2-3-7(8)11(16)17/h2-4,9H,5,13H2,1H3,(H,14,15)(H,16,17). The second kappa shape index (κ2) is 6.34. The number of carboxylic acid groups (broad SMARTS) is 1. The lowest BCUT2D eigenvalue weighted by atomic mass is 10.1. The zero-order valence-electron chi connectivity index (χ0n) is 9.64. The van der Waals surface area contributed by atoms with Gasteiger partial charge in [-0.15, -0.1) is 0 Å². The number of hydrogen-bond acceptors (Lipinski definition) is 4. The van der Waals surface area contributed by atoms with Crippen LogP contribution in [0.2, 0.25) is 5.02 Å². The summed E-state index contributed by atoms with van der Waals surface area (Å²) in [5.74, 6) is -1.69. The molecule has 98 valence electrons. The average Bonchev–Trinajstić information content (AvgIpc) is 2.30. The molecule has 1 aromatic rings. The van der Waals surface area contributed by atoms with Gasteiger partial charge in [0, 0.05) is 18.7 Å². The van der Waals surface area contributed by atoms with Gasteiger partial charge in [-0.2, -0.15) is 0 Å². The minimum atomic E-state index is -1.16. The normalized spacial score (nSPS) is 11.9. The summed E-state index contributed by atoms with van der Waals surface area (Å²) in [7, 11) is 1.34. The van der Waals surface area contributed by atoms with E-state index in [1.165, 1.54) is 25.3 Å². The highest BCUT2D eigenvalue weighted by atomic mass is 35.5. The molecule has 0 aliphatic heterocycles. The fourth-order valence-electron chi connectivity index (χ4n) is 1.33. The fourth-order valence-corrected chi connectivity index (χ4v) is 1.50. The molecule has 6 nitrogen and oxygen atoms in total. The molecule has 4 N–H and O–H groups in total. The Hall–Kier alpha value is -1.63. The first kappa shape index (κ1) is 14.4. The Kier molecular flexibility index (Phi) is 5.08. The van der Waals surface area contributed by atoms with Gasteiger partial charge >= 0.3 is 5.97 Å². The molecule has 0 fully saturated rings. The van der Waals surface area contributed by atoms with E-state index in [4.69, 9.17) is 27.2 Å². The van der Waals surface area contributed by atoms with Crippen molar-refractivity contribution in [2.24, 2.45) is 5.73 Å². The van der Waals surface area contributed by atoms with E-state index in [0.717, 1.165) is 0 Å². The maximum atomic E-state index is 11.7. The third kappa shape index (κ3) is 3.43. The van der Waals surface area contributed by atoms with Crippen LogP contribution >= 0.6 is 11.6 Å². The molecule has 1 rings (SSSR count). The Morgan fingerprint density at radius 3 is 2.72 bits per heavy atom. The molecule has 0 bridgehead atoms. The van der Waals surface area contributed by atoms with Gasteiger partial charge in [0.1, 0.15) is 6.10 Å². The van der Waals surface area contributed by atoms with Gasteiger partial charge in [0.25, 0.3) is 5.91 Å². The molecule has 1 amide bonds. The molecule has 0 aliphatic carbocycles. The summed E-state index contributed by atoms with van der Waals surface area (Å²) in [4.78, 5) is 22.7. The number of amides is 1. The number of carboxylic acids is 1. The van der Waals surface area contributed by atoms with Crippen LogP contribution in [0.15, 0.2) is 18.2 Å². The third-order valence-corrected chi connectivity index (χ3v) is 2.50. The Labute approximate surface area is 109 Å². The number of carbonyl (C=O) groups is 2. The van der Waals surface area contributed by atoms with Crippen LogP contribution in [0.25, 0.3) is 0 Å². The molecule has 18 heavy (non-hydrogen) atoms. The number of ether oxygens (including phenoxy) is 1. The number of nitrogens with one attached hydrogen (secondary N) is 1. The minimum absolute atomic E-state index is 0.00863. The molecule has 1 atom stereocenters. The van der Waals surface area contributed by atoms with Crippen LogP contribution < -0.4 is 11.1 Å². The Balaban J connectivity index is 2.99. The van der Waals surface area contributed by atoms with Gasteiger partial charge in [-0.3, -0.25) is 4.79 Å². The second-order valence-corrected chi connectivity index (χ2v) is 3.88. The number of hydrogen-bond donors (Lipinski definition) is 3. The summed E-state index contributed by atoms with van der Waals surface area (Å²) in [5, 5.41) is 11.7. The lowest BCUT2D eigenvalue weighted by Gasteiger charge is -2.14. The van der Waals surface area contributed by atoms with Crippen LogP contribution in [-0.2, 0) is 9.53 Å². The maximum Gasteiger partial charge on any atom is 0.337 e. The number of nitrogens with two attached hydrogens (primary N) is 1. The molecule has 0 saturated heterocycles. The van der Waals surface area contributed by atoms with Crippen LogP contribution in [0.1, 0.15) is 10.4 Å². The third-order valence-electron chi connectivity index (χ3n) is 2.26. The lowest BCUT2D eigenvalue weighted by Crippen LogP contribution is -2.36. The molecule has 1 unspecified atom stereocenters. The summed E-state index contributed by atoms with van der Waals surface area (Å²) >= 11 is 5.75. The monoisotopic (exact) mass is 272 g/mol. The zero-order chi connectivity index (χ0) is 13.7. The molecule has 0 saturated carbocycles. The van der Waals surface area contributed by atoms with Gasteiger partial charge in [-0.1, -0.05) is 11.6 Å². The van der Waals surface area contributed by atoms with Crippen molar-refractivity contribution in [3.63, 3.8) is 0 Å². The number of aromatic carboxylic acids is 1. The molecular formula is C11H13ClN2O4. The first-order chi connectivity index (χ1) is 8.49. The highest BCUT2D eigenvalue weighted by molar-refractivity contribution is 6.31. The van der Waals surface area contributed by atoms with Gasteiger partial charge in [-0.05, 0) is 18.2 Å². The van der Waals surface area contributed by atoms with Crippen molar-refractivity contribution in [2.45, 2.75) is 6.10 Å². The molecule has 0 aliphatic rings. The van der Waals surface area contributed by atoms with Crippen molar-refractivity contribution in [3.05, 3.63) is 28.8 Å². The Bertz CT molecular complexity index is 460. The topological polar surface area (TPSA) is 102 Å². The maximum absolute atomic E-state index is 11.7. The smallest absolute Gasteiger partial charge is 0.337 e. The van der Waals surface area contributed by atoms with E-state index < -0.39 is 18.0 Å². The van der Waals surface area contributed by atoms with Crippen LogP contribution in [0.3, 0.4) is 0 Å². The van der Waals surface area contributed by atoms with Crippen molar-refractivity contribution in [1.29, 1.82) is 0 Å². The number of carbonyl (C=O) groups excluding carboxylic acids is 1. The molecule has 0 heterocycles. The molecule has 0 spiro atoms. The van der Waals surface area contributed by atoms with Crippen LogP contribution in [0.4, 0.5) is 5.69 Å². The Morgan fingerprint density at radius 2 is 2.22 bits per heavy atom. The highest BCUT2D eigenvalue weighted by Gasteiger charge is 2.19. The fraction of sp³-hybridized carbons (Fsp3) is 0.273. The lowest BCUT2D eigenvalue weighted by molar-refractivity contribution is -0.125. The van der Waals surface area contributed by atoms with Crippen molar-refractivity contribution < 1.29 is 19.4 Å². The van der Waals surface area contributed by atoms with E-state index in [1.54, 1.807) is 0 Å². The number of rotatable bonds is 5. The van der Waals surface area contributed by atoms with Crippen molar-refractivity contribution in [2.75, 3.05) is 19.0 Å². The van der Waals surface area contributed by atoms with E-state index in [-0.39, 0.29) is 17.8 Å². The van der Waals surface area contributed by atoms with Crippen LogP contribution in [0.5, 0.6) is 0 Å².